The molecule has 1 saturated heterocycles. The normalized spacial score (nSPS) is 21.1. The van der Waals surface area contributed by atoms with Crippen LogP contribution in [0.1, 0.15) is 31.5 Å². The van der Waals surface area contributed by atoms with Crippen LogP contribution in [0.2, 0.25) is 0 Å². The highest BCUT2D eigenvalue weighted by Gasteiger charge is 2.28. The third kappa shape index (κ3) is 4.57. The number of carbonyl (C=O) groups is 1. The van der Waals surface area contributed by atoms with Crippen molar-refractivity contribution in [3.05, 3.63) is 30.1 Å². The van der Waals surface area contributed by atoms with E-state index in [9.17, 15) is 13.2 Å². The number of hydrogen-bond donors (Lipinski definition) is 1. The zero-order valence-electron chi connectivity index (χ0n) is 15.6. The second-order valence-corrected chi connectivity index (χ2v) is 10.9. The number of fused-ring (bicyclic) bond motifs is 1. The predicted octanol–water partition coefficient (Wildman–Crippen LogP) is 2.53. The molecule has 0 saturated carbocycles. The van der Waals surface area contributed by atoms with Crippen molar-refractivity contribution in [2.75, 3.05) is 22.6 Å². The van der Waals surface area contributed by atoms with Crippen LogP contribution < -0.4 is 5.32 Å². The number of amides is 1. The van der Waals surface area contributed by atoms with Crippen LogP contribution in [0.4, 0.5) is 5.69 Å². The van der Waals surface area contributed by atoms with E-state index in [0.29, 0.717) is 12.1 Å². The molecule has 0 aliphatic carbocycles. The van der Waals surface area contributed by atoms with Gasteiger partial charge in [-0.1, -0.05) is 18.6 Å². The maximum absolute atomic E-state index is 12.3. The van der Waals surface area contributed by atoms with Gasteiger partial charge in [0.1, 0.15) is 5.82 Å². The Morgan fingerprint density at radius 1 is 1.25 bits per heavy atom. The van der Waals surface area contributed by atoms with Crippen molar-refractivity contribution in [1.29, 1.82) is 0 Å². The SMILES string of the molecule is O=C(CS[C@H]1CCS(=O)(=O)C1)Nc1cccc(-c2nnc3n2CCCCC3)c1. The molecule has 150 valence electrons. The monoisotopic (exact) mass is 420 g/mol. The average molecular weight is 421 g/mol. The number of benzene rings is 1. The summed E-state index contributed by atoms with van der Waals surface area (Å²) >= 11 is 1.42. The van der Waals surface area contributed by atoms with Gasteiger partial charge in [0.15, 0.2) is 15.7 Å². The van der Waals surface area contributed by atoms with Gasteiger partial charge in [-0.15, -0.1) is 22.0 Å². The van der Waals surface area contributed by atoms with E-state index in [1.54, 1.807) is 0 Å². The lowest BCUT2D eigenvalue weighted by Crippen LogP contribution is -2.17. The van der Waals surface area contributed by atoms with E-state index in [1.165, 1.54) is 18.2 Å². The molecule has 2 aliphatic heterocycles. The molecule has 9 heteroatoms. The zero-order chi connectivity index (χ0) is 19.6. The topological polar surface area (TPSA) is 93.9 Å². The summed E-state index contributed by atoms with van der Waals surface area (Å²) in [4.78, 5) is 12.3. The van der Waals surface area contributed by atoms with Gasteiger partial charge in [-0.05, 0) is 31.4 Å². The fraction of sp³-hybridized carbons (Fsp3) is 0.526. The Morgan fingerprint density at radius 2 is 2.14 bits per heavy atom. The van der Waals surface area contributed by atoms with Crippen LogP contribution >= 0.6 is 11.8 Å². The Balaban J connectivity index is 1.40. The summed E-state index contributed by atoms with van der Waals surface area (Å²) in [5.74, 6) is 2.43. The molecule has 2 aliphatic rings. The summed E-state index contributed by atoms with van der Waals surface area (Å²) in [5.41, 5.74) is 1.65. The molecule has 1 atom stereocenters. The Kier molecular flexibility index (Phi) is 5.73. The second kappa shape index (κ2) is 8.24. The number of sulfone groups is 1. The number of nitrogens with one attached hydrogen (secondary N) is 1. The minimum atomic E-state index is -2.91. The van der Waals surface area contributed by atoms with E-state index in [0.717, 1.165) is 43.0 Å². The lowest BCUT2D eigenvalue weighted by Gasteiger charge is -2.10. The molecule has 1 amide bonds. The van der Waals surface area contributed by atoms with E-state index in [4.69, 9.17) is 0 Å². The van der Waals surface area contributed by atoms with Gasteiger partial charge in [0.2, 0.25) is 5.91 Å². The van der Waals surface area contributed by atoms with E-state index < -0.39 is 9.84 Å². The van der Waals surface area contributed by atoms with Crippen molar-refractivity contribution in [3.8, 4) is 11.4 Å². The Labute approximate surface area is 169 Å². The summed E-state index contributed by atoms with van der Waals surface area (Å²) < 4.78 is 25.2. The third-order valence-corrected chi connectivity index (χ3v) is 8.44. The van der Waals surface area contributed by atoms with Crippen LogP contribution in [0.5, 0.6) is 0 Å². The summed E-state index contributed by atoms with van der Waals surface area (Å²) in [7, 11) is -2.91. The molecule has 28 heavy (non-hydrogen) atoms. The van der Waals surface area contributed by atoms with Crippen molar-refractivity contribution in [3.63, 3.8) is 0 Å². The van der Waals surface area contributed by atoms with Crippen LogP contribution in [0.15, 0.2) is 24.3 Å². The summed E-state index contributed by atoms with van der Waals surface area (Å²) in [6, 6.07) is 7.66. The Morgan fingerprint density at radius 3 is 2.96 bits per heavy atom. The van der Waals surface area contributed by atoms with Gasteiger partial charge in [-0.2, -0.15) is 0 Å². The smallest absolute Gasteiger partial charge is 0.234 e. The van der Waals surface area contributed by atoms with Crippen LogP contribution in [0.25, 0.3) is 11.4 Å². The molecule has 0 bridgehead atoms. The van der Waals surface area contributed by atoms with E-state index >= 15 is 0 Å². The van der Waals surface area contributed by atoms with Gasteiger partial charge in [0.25, 0.3) is 0 Å². The molecule has 1 fully saturated rings. The largest absolute Gasteiger partial charge is 0.325 e. The van der Waals surface area contributed by atoms with Crippen LogP contribution in [-0.4, -0.2) is 51.6 Å². The molecule has 3 heterocycles. The molecule has 1 aromatic heterocycles. The van der Waals surface area contributed by atoms with Crippen LogP contribution in [0, 0.1) is 0 Å². The number of anilines is 1. The molecule has 7 nitrogen and oxygen atoms in total. The highest BCUT2D eigenvalue weighted by atomic mass is 32.2. The van der Waals surface area contributed by atoms with Crippen molar-refractivity contribution in [1.82, 2.24) is 14.8 Å². The third-order valence-electron chi connectivity index (χ3n) is 5.15. The van der Waals surface area contributed by atoms with E-state index in [2.05, 4.69) is 20.1 Å². The maximum Gasteiger partial charge on any atom is 0.234 e. The fourth-order valence-corrected chi connectivity index (χ4v) is 7.16. The van der Waals surface area contributed by atoms with Crippen molar-refractivity contribution < 1.29 is 13.2 Å². The number of hydrogen-bond acceptors (Lipinski definition) is 6. The average Bonchev–Trinajstić information content (AvgIpc) is 3.14. The Hall–Kier alpha value is -1.87. The first-order chi connectivity index (χ1) is 13.5. The lowest BCUT2D eigenvalue weighted by atomic mass is 10.2. The molecule has 4 rings (SSSR count). The van der Waals surface area contributed by atoms with Gasteiger partial charge >= 0.3 is 0 Å². The summed E-state index contributed by atoms with van der Waals surface area (Å²) in [5, 5.41) is 11.7. The Bertz CT molecular complexity index is 971. The van der Waals surface area contributed by atoms with Gasteiger partial charge in [0.05, 0.1) is 17.3 Å². The standard InChI is InChI=1S/C19H24N4O3S2/c24-18(12-27-16-8-10-28(25,26)13-16)20-15-6-4-5-14(11-15)19-22-21-17-7-2-1-3-9-23(17)19/h4-6,11,16H,1-3,7-10,12-13H2,(H,20,24)/t16-/m0/s1. The second-order valence-electron chi connectivity index (χ2n) is 7.37. The number of rotatable bonds is 5. The number of aryl methyl sites for hydroxylation is 1. The van der Waals surface area contributed by atoms with Crippen molar-refractivity contribution in [2.45, 2.75) is 43.9 Å². The van der Waals surface area contributed by atoms with Gasteiger partial charge in [-0.3, -0.25) is 4.79 Å². The van der Waals surface area contributed by atoms with Gasteiger partial charge < -0.3 is 9.88 Å². The predicted molar refractivity (Wildman–Crippen MR) is 111 cm³/mol. The molecule has 0 unspecified atom stereocenters. The molecule has 0 spiro atoms. The number of carbonyl (C=O) groups excluding carboxylic acids is 1. The number of aromatic nitrogens is 3. The van der Waals surface area contributed by atoms with Crippen LogP contribution in [-0.2, 0) is 27.6 Å². The fourth-order valence-electron chi connectivity index (χ4n) is 3.72. The van der Waals surface area contributed by atoms with Gasteiger partial charge in [-0.25, -0.2) is 8.42 Å². The maximum atomic E-state index is 12.3. The quantitative estimate of drug-likeness (QED) is 0.799. The van der Waals surface area contributed by atoms with Crippen LogP contribution in [0.3, 0.4) is 0 Å². The molecular weight excluding hydrogens is 396 g/mol. The first-order valence-electron chi connectivity index (χ1n) is 9.64. The highest BCUT2D eigenvalue weighted by molar-refractivity contribution is 8.02. The summed E-state index contributed by atoms with van der Waals surface area (Å²) in [6.07, 6.45) is 5.07. The first-order valence-corrected chi connectivity index (χ1v) is 12.5. The molecule has 0 radical (unpaired) electrons. The molecule has 1 N–H and O–H groups in total. The molecular formula is C19H24N4O3S2. The summed E-state index contributed by atoms with van der Waals surface area (Å²) in [6.45, 7) is 0.926. The minimum absolute atomic E-state index is 0.0218. The molecule has 1 aromatic carbocycles. The lowest BCUT2D eigenvalue weighted by molar-refractivity contribution is -0.113. The minimum Gasteiger partial charge on any atom is -0.325 e. The number of thioether (sulfide) groups is 1. The van der Waals surface area contributed by atoms with Crippen molar-refractivity contribution >= 4 is 33.2 Å². The van der Waals surface area contributed by atoms with Gasteiger partial charge in [0, 0.05) is 29.5 Å². The van der Waals surface area contributed by atoms with E-state index in [1.807, 2.05) is 24.3 Å². The zero-order valence-corrected chi connectivity index (χ0v) is 17.3. The first kappa shape index (κ1) is 19.4. The van der Waals surface area contributed by atoms with Crippen molar-refractivity contribution in [2.24, 2.45) is 0 Å². The molecule has 2 aromatic rings. The highest BCUT2D eigenvalue weighted by Crippen LogP contribution is 2.26. The van der Waals surface area contributed by atoms with E-state index in [-0.39, 0.29) is 28.4 Å². The number of nitrogens with zero attached hydrogens (tertiary/aromatic N) is 3.